The Morgan fingerprint density at radius 1 is 1.26 bits per heavy atom. The van der Waals surface area contributed by atoms with E-state index in [0.29, 0.717) is 25.4 Å². The summed E-state index contributed by atoms with van der Waals surface area (Å²) in [6.07, 6.45) is 3.57. The lowest BCUT2D eigenvalue weighted by molar-refractivity contribution is -0.125. The van der Waals surface area contributed by atoms with E-state index in [9.17, 15) is 13.2 Å². The molecule has 2 fully saturated rings. The van der Waals surface area contributed by atoms with Crippen LogP contribution in [0.25, 0.3) is 0 Å². The Hall–Kier alpha value is -1.38. The highest BCUT2D eigenvalue weighted by atomic mass is 32.2. The molecule has 3 rings (SSSR count). The summed E-state index contributed by atoms with van der Waals surface area (Å²) in [5.74, 6) is 0.581. The number of sulfonamides is 1. The monoisotopic (exact) mass is 341 g/mol. The summed E-state index contributed by atoms with van der Waals surface area (Å²) in [6, 6.07) is 3.06. The van der Waals surface area contributed by atoms with E-state index in [4.69, 9.17) is 4.42 Å². The van der Waals surface area contributed by atoms with Gasteiger partial charge in [0.2, 0.25) is 11.0 Å². The van der Waals surface area contributed by atoms with Crippen molar-refractivity contribution in [3.05, 3.63) is 17.9 Å². The number of carbonyl (C=O) groups is 1. The van der Waals surface area contributed by atoms with Gasteiger partial charge in [-0.25, -0.2) is 8.42 Å². The topological polar surface area (TPSA) is 82.9 Å². The van der Waals surface area contributed by atoms with Crippen LogP contribution >= 0.6 is 0 Å². The number of amides is 1. The minimum Gasteiger partial charge on any atom is -0.447 e. The van der Waals surface area contributed by atoms with E-state index in [1.165, 1.54) is 10.4 Å². The molecule has 0 saturated carbocycles. The molecule has 1 atom stereocenters. The van der Waals surface area contributed by atoms with Crippen molar-refractivity contribution in [2.45, 2.75) is 43.4 Å². The minimum atomic E-state index is -3.52. The average molecular weight is 341 g/mol. The van der Waals surface area contributed by atoms with Gasteiger partial charge < -0.3 is 9.73 Å². The van der Waals surface area contributed by atoms with Gasteiger partial charge in [-0.1, -0.05) is 0 Å². The first-order valence-corrected chi connectivity index (χ1v) is 9.51. The number of likely N-dealkylation sites (N-methyl/N-ethyl adjacent to an activating group) is 1. The number of furan rings is 1. The fourth-order valence-corrected chi connectivity index (χ4v) is 4.76. The van der Waals surface area contributed by atoms with Gasteiger partial charge in [-0.15, -0.1) is 0 Å². The van der Waals surface area contributed by atoms with Crippen LogP contribution in [0.4, 0.5) is 0 Å². The molecule has 23 heavy (non-hydrogen) atoms. The zero-order chi connectivity index (χ0) is 16.4. The SMILES string of the molecule is CNC(=O)[C@@H]1CCCN1Cc1ccc(S(=O)(=O)N2CCCC2)o1. The summed E-state index contributed by atoms with van der Waals surface area (Å²) in [6.45, 7) is 2.38. The smallest absolute Gasteiger partial charge is 0.276 e. The third-order valence-corrected chi connectivity index (χ3v) is 6.34. The van der Waals surface area contributed by atoms with Crippen molar-refractivity contribution >= 4 is 15.9 Å². The molecular weight excluding hydrogens is 318 g/mol. The highest BCUT2D eigenvalue weighted by Crippen LogP contribution is 2.25. The van der Waals surface area contributed by atoms with Gasteiger partial charge in [0.1, 0.15) is 5.76 Å². The Labute approximate surface area is 136 Å². The van der Waals surface area contributed by atoms with Crippen LogP contribution in [-0.4, -0.2) is 56.3 Å². The molecule has 1 N–H and O–H groups in total. The first-order valence-electron chi connectivity index (χ1n) is 8.07. The molecule has 1 amide bonds. The second-order valence-electron chi connectivity index (χ2n) is 6.07. The van der Waals surface area contributed by atoms with Crippen molar-refractivity contribution in [1.82, 2.24) is 14.5 Å². The molecule has 8 heteroatoms. The predicted molar refractivity (Wildman–Crippen MR) is 84.2 cm³/mol. The van der Waals surface area contributed by atoms with E-state index in [1.807, 2.05) is 4.90 Å². The fourth-order valence-electron chi connectivity index (χ4n) is 3.32. The van der Waals surface area contributed by atoms with E-state index in [0.717, 1.165) is 32.2 Å². The number of nitrogens with one attached hydrogen (secondary N) is 1. The van der Waals surface area contributed by atoms with Gasteiger partial charge in [-0.2, -0.15) is 4.31 Å². The first-order chi connectivity index (χ1) is 11.0. The van der Waals surface area contributed by atoms with E-state index in [2.05, 4.69) is 5.32 Å². The van der Waals surface area contributed by atoms with Crippen molar-refractivity contribution < 1.29 is 17.6 Å². The van der Waals surface area contributed by atoms with Crippen LogP contribution in [0, 0.1) is 0 Å². The largest absolute Gasteiger partial charge is 0.447 e. The van der Waals surface area contributed by atoms with Crippen molar-refractivity contribution in [2.75, 3.05) is 26.7 Å². The van der Waals surface area contributed by atoms with Crippen molar-refractivity contribution in [1.29, 1.82) is 0 Å². The third kappa shape index (κ3) is 3.29. The van der Waals surface area contributed by atoms with Crippen molar-refractivity contribution in [3.8, 4) is 0 Å². The molecule has 1 aromatic heterocycles. The van der Waals surface area contributed by atoms with Gasteiger partial charge in [0, 0.05) is 20.1 Å². The maximum atomic E-state index is 12.5. The Balaban J connectivity index is 1.71. The van der Waals surface area contributed by atoms with Crippen LogP contribution in [-0.2, 0) is 21.4 Å². The van der Waals surface area contributed by atoms with Crippen LogP contribution in [0.15, 0.2) is 21.6 Å². The van der Waals surface area contributed by atoms with Crippen LogP contribution in [0.3, 0.4) is 0 Å². The number of nitrogens with zero attached hydrogens (tertiary/aromatic N) is 2. The Morgan fingerprint density at radius 2 is 2.00 bits per heavy atom. The third-order valence-electron chi connectivity index (χ3n) is 4.57. The molecule has 7 nitrogen and oxygen atoms in total. The fraction of sp³-hybridized carbons (Fsp3) is 0.667. The molecule has 3 heterocycles. The van der Waals surface area contributed by atoms with Gasteiger partial charge in [0.15, 0.2) is 0 Å². The maximum absolute atomic E-state index is 12.5. The number of rotatable bonds is 5. The molecule has 1 aromatic rings. The Kier molecular flexibility index (Phi) is 4.74. The molecule has 0 aromatic carbocycles. The van der Waals surface area contributed by atoms with Crippen LogP contribution < -0.4 is 5.32 Å². The molecule has 0 unspecified atom stereocenters. The lowest BCUT2D eigenvalue weighted by atomic mass is 10.2. The average Bonchev–Trinajstić information content (AvgIpc) is 3.28. The predicted octanol–water partition coefficient (Wildman–Crippen LogP) is 0.774. The van der Waals surface area contributed by atoms with Crippen molar-refractivity contribution in [3.63, 3.8) is 0 Å². The van der Waals surface area contributed by atoms with E-state index < -0.39 is 10.0 Å². The summed E-state index contributed by atoms with van der Waals surface area (Å²) in [5, 5.41) is 2.68. The molecule has 128 valence electrons. The first kappa shape index (κ1) is 16.5. The van der Waals surface area contributed by atoms with E-state index in [-0.39, 0.29) is 17.0 Å². The zero-order valence-corrected chi connectivity index (χ0v) is 14.1. The standard InChI is InChI=1S/C15H23N3O4S/c1-16-15(19)13-5-4-8-17(13)11-12-6-7-14(22-12)23(20,21)18-9-2-3-10-18/h6-7,13H,2-5,8-11H2,1H3,(H,16,19)/t13-/m0/s1. The maximum Gasteiger partial charge on any atom is 0.276 e. The quantitative estimate of drug-likeness (QED) is 0.855. The van der Waals surface area contributed by atoms with Crippen LogP contribution in [0.1, 0.15) is 31.4 Å². The molecule has 2 aliphatic rings. The molecule has 2 aliphatic heterocycles. The van der Waals surface area contributed by atoms with Crippen molar-refractivity contribution in [2.24, 2.45) is 0 Å². The molecule has 2 saturated heterocycles. The van der Waals surface area contributed by atoms with Gasteiger partial charge in [0.25, 0.3) is 10.0 Å². The Morgan fingerprint density at radius 3 is 2.70 bits per heavy atom. The number of hydrogen-bond donors (Lipinski definition) is 1. The summed E-state index contributed by atoms with van der Waals surface area (Å²) in [4.78, 5) is 13.9. The number of carbonyl (C=O) groups excluding carboxylic acids is 1. The molecule has 0 spiro atoms. The number of hydrogen-bond acceptors (Lipinski definition) is 5. The van der Waals surface area contributed by atoms with Crippen LogP contribution in [0.2, 0.25) is 0 Å². The minimum absolute atomic E-state index is 0.000956. The highest BCUT2D eigenvalue weighted by molar-refractivity contribution is 7.89. The zero-order valence-electron chi connectivity index (χ0n) is 13.3. The summed E-state index contributed by atoms with van der Waals surface area (Å²) < 4.78 is 32.0. The lowest BCUT2D eigenvalue weighted by Gasteiger charge is -2.21. The van der Waals surface area contributed by atoms with Gasteiger partial charge in [0.05, 0.1) is 12.6 Å². The Bertz CT molecular complexity index is 664. The molecular formula is C15H23N3O4S. The second-order valence-corrected chi connectivity index (χ2v) is 7.94. The van der Waals surface area contributed by atoms with Gasteiger partial charge in [-0.3, -0.25) is 9.69 Å². The lowest BCUT2D eigenvalue weighted by Crippen LogP contribution is -2.41. The summed E-state index contributed by atoms with van der Waals surface area (Å²) >= 11 is 0. The molecule has 0 radical (unpaired) electrons. The van der Waals surface area contributed by atoms with Crippen LogP contribution in [0.5, 0.6) is 0 Å². The van der Waals surface area contributed by atoms with Gasteiger partial charge >= 0.3 is 0 Å². The molecule has 0 bridgehead atoms. The molecule has 0 aliphatic carbocycles. The van der Waals surface area contributed by atoms with Gasteiger partial charge in [-0.05, 0) is 44.4 Å². The highest BCUT2D eigenvalue weighted by Gasteiger charge is 2.32. The van der Waals surface area contributed by atoms with E-state index >= 15 is 0 Å². The normalized spacial score (nSPS) is 23.4. The number of likely N-dealkylation sites (tertiary alicyclic amines) is 1. The van der Waals surface area contributed by atoms with E-state index in [1.54, 1.807) is 13.1 Å². The second kappa shape index (κ2) is 6.62. The summed E-state index contributed by atoms with van der Waals surface area (Å²) in [5.41, 5.74) is 0. The summed E-state index contributed by atoms with van der Waals surface area (Å²) in [7, 11) is -1.89.